The number of hydrogen-bond acceptors (Lipinski definition) is 6. The van der Waals surface area contributed by atoms with E-state index >= 15 is 0 Å². The third-order valence-electron chi connectivity index (χ3n) is 3.96. The first-order chi connectivity index (χ1) is 13.0. The Morgan fingerprint density at radius 2 is 1.89 bits per heavy atom. The van der Waals surface area contributed by atoms with Crippen LogP contribution in [0.2, 0.25) is 5.02 Å². The lowest BCUT2D eigenvalue weighted by atomic mass is 10.2. The number of fused-ring (bicyclic) bond motifs is 1. The highest BCUT2D eigenvalue weighted by Gasteiger charge is 2.27. The van der Waals surface area contributed by atoms with Gasteiger partial charge in [0.25, 0.3) is 10.0 Å². The van der Waals surface area contributed by atoms with Gasteiger partial charge in [0.1, 0.15) is 16.5 Å². The van der Waals surface area contributed by atoms with Crippen LogP contribution in [0.4, 0.5) is 11.4 Å². The Kier molecular flexibility index (Phi) is 5.22. The summed E-state index contributed by atoms with van der Waals surface area (Å²) < 4.78 is 53.1. The van der Waals surface area contributed by atoms with Gasteiger partial charge in [-0.05, 0) is 49.7 Å². The Morgan fingerprint density at radius 3 is 2.61 bits per heavy atom. The van der Waals surface area contributed by atoms with E-state index < -0.39 is 31.5 Å². The van der Waals surface area contributed by atoms with E-state index in [2.05, 4.69) is 15.0 Å². The molecule has 0 bridgehead atoms. The van der Waals surface area contributed by atoms with Crippen molar-refractivity contribution < 1.29 is 21.6 Å². The summed E-state index contributed by atoms with van der Waals surface area (Å²) >= 11 is 5.89. The third kappa shape index (κ3) is 4.18. The minimum absolute atomic E-state index is 0.180. The van der Waals surface area contributed by atoms with Crippen LogP contribution in [0.1, 0.15) is 12.5 Å². The molecular weight excluding hydrogens is 426 g/mol. The van der Waals surface area contributed by atoms with Crippen molar-refractivity contribution in [2.45, 2.75) is 23.6 Å². The third-order valence-corrected chi connectivity index (χ3v) is 7.21. The first-order valence-corrected chi connectivity index (χ1v) is 11.5. The van der Waals surface area contributed by atoms with Crippen molar-refractivity contribution in [3.8, 4) is 0 Å². The van der Waals surface area contributed by atoms with Crippen LogP contribution in [0, 0.1) is 6.92 Å². The molecule has 148 valence electrons. The Balaban J connectivity index is 1.86. The summed E-state index contributed by atoms with van der Waals surface area (Å²) in [4.78, 5) is 11.7. The molecule has 1 heterocycles. The summed E-state index contributed by atoms with van der Waals surface area (Å²) in [6, 6.07) is 8.43. The quantitative estimate of drug-likeness (QED) is 0.751. The molecule has 1 amide bonds. The fourth-order valence-corrected chi connectivity index (χ4v) is 5.21. The highest BCUT2D eigenvalue weighted by atomic mass is 35.5. The van der Waals surface area contributed by atoms with E-state index in [9.17, 15) is 21.6 Å². The van der Waals surface area contributed by atoms with Crippen molar-refractivity contribution in [2.24, 2.45) is 4.40 Å². The van der Waals surface area contributed by atoms with Crippen LogP contribution in [0.25, 0.3) is 0 Å². The molecule has 0 spiro atoms. The molecule has 0 unspecified atom stereocenters. The summed E-state index contributed by atoms with van der Waals surface area (Å²) in [6.45, 7) is 3.22. The van der Waals surface area contributed by atoms with E-state index in [-0.39, 0.29) is 21.3 Å². The number of benzene rings is 2. The van der Waals surface area contributed by atoms with Crippen molar-refractivity contribution in [3.05, 3.63) is 47.0 Å². The molecule has 2 aromatic rings. The largest absolute Gasteiger partial charge is 0.342 e. The number of nitrogens with zero attached hydrogens (tertiary/aromatic N) is 1. The number of sulfonamides is 1. The van der Waals surface area contributed by atoms with E-state index in [0.717, 1.165) is 6.07 Å². The number of carbonyl (C=O) groups is 1. The van der Waals surface area contributed by atoms with E-state index in [1.807, 2.05) is 0 Å². The normalized spacial score (nSPS) is 15.2. The lowest BCUT2D eigenvalue weighted by molar-refractivity contribution is -0.113. The van der Waals surface area contributed by atoms with Crippen molar-refractivity contribution in [1.29, 1.82) is 0 Å². The summed E-state index contributed by atoms with van der Waals surface area (Å²) in [6.07, 6.45) is 0. The zero-order valence-corrected chi connectivity index (χ0v) is 17.2. The highest BCUT2D eigenvalue weighted by Crippen LogP contribution is 2.30. The molecule has 0 atom stereocenters. The minimum Gasteiger partial charge on any atom is -0.342 e. The lowest BCUT2D eigenvalue weighted by Gasteiger charge is -2.17. The number of hydrogen-bond donors (Lipinski definition) is 2. The number of carbonyl (C=O) groups excluding carboxylic acids is 1. The lowest BCUT2D eigenvalue weighted by Crippen LogP contribution is -2.24. The molecule has 1 aliphatic heterocycles. The van der Waals surface area contributed by atoms with Gasteiger partial charge < -0.3 is 10.6 Å². The standard InChI is InChI=1S/C17H16ClN3O5S2/c1-10-3-4-12(18)7-15(10)20-17(22)9-27(23,24)13-5-6-14-16(8-13)28(25,26)21-11(2)19-14/h3-8H,9H2,1-2H3,(H,19,21)(H,20,22). The second-order valence-electron chi connectivity index (χ2n) is 6.20. The van der Waals surface area contributed by atoms with Gasteiger partial charge in [0.15, 0.2) is 9.84 Å². The molecule has 0 saturated carbocycles. The Bertz CT molecular complexity index is 1220. The van der Waals surface area contributed by atoms with Gasteiger partial charge in [-0.15, -0.1) is 4.40 Å². The molecule has 0 aromatic heterocycles. The molecule has 28 heavy (non-hydrogen) atoms. The average molecular weight is 442 g/mol. The number of rotatable bonds is 4. The van der Waals surface area contributed by atoms with Crippen LogP contribution in [0.3, 0.4) is 0 Å². The zero-order chi connectivity index (χ0) is 20.7. The van der Waals surface area contributed by atoms with E-state index in [1.165, 1.54) is 25.1 Å². The maximum absolute atomic E-state index is 12.6. The van der Waals surface area contributed by atoms with Crippen molar-refractivity contribution in [1.82, 2.24) is 0 Å². The Morgan fingerprint density at radius 1 is 1.18 bits per heavy atom. The number of amides is 1. The topological polar surface area (TPSA) is 122 Å². The molecular formula is C17H16ClN3O5S2. The predicted octanol–water partition coefficient (Wildman–Crippen LogP) is 2.59. The number of anilines is 2. The first-order valence-electron chi connectivity index (χ1n) is 7.99. The number of sulfone groups is 1. The number of aryl methyl sites for hydroxylation is 1. The van der Waals surface area contributed by atoms with Crippen LogP contribution in [0.5, 0.6) is 0 Å². The van der Waals surface area contributed by atoms with Crippen LogP contribution in [-0.4, -0.2) is 34.3 Å². The molecule has 3 rings (SSSR count). The Labute approximate surface area is 167 Å². The maximum atomic E-state index is 12.6. The molecule has 0 saturated heterocycles. The minimum atomic E-state index is -4.09. The van der Waals surface area contributed by atoms with Gasteiger partial charge in [0.05, 0.1) is 10.6 Å². The van der Waals surface area contributed by atoms with Gasteiger partial charge in [-0.25, -0.2) is 8.42 Å². The van der Waals surface area contributed by atoms with Gasteiger partial charge in [0, 0.05) is 10.7 Å². The number of halogens is 1. The van der Waals surface area contributed by atoms with Gasteiger partial charge in [-0.2, -0.15) is 8.42 Å². The van der Waals surface area contributed by atoms with E-state index in [0.29, 0.717) is 16.3 Å². The van der Waals surface area contributed by atoms with Crippen LogP contribution in [0.15, 0.2) is 50.6 Å². The van der Waals surface area contributed by atoms with Gasteiger partial charge in [-0.3, -0.25) is 4.79 Å². The summed E-state index contributed by atoms with van der Waals surface area (Å²) in [5.74, 6) is -1.44. The second kappa shape index (κ2) is 7.19. The fraction of sp³-hybridized carbons (Fsp3) is 0.176. The predicted molar refractivity (Wildman–Crippen MR) is 107 cm³/mol. The molecule has 2 aromatic carbocycles. The summed E-state index contributed by atoms with van der Waals surface area (Å²) in [5, 5.41) is 5.66. The molecule has 0 fully saturated rings. The molecule has 1 aliphatic rings. The van der Waals surface area contributed by atoms with Crippen LogP contribution >= 0.6 is 11.6 Å². The van der Waals surface area contributed by atoms with Crippen molar-refractivity contribution >= 4 is 54.6 Å². The molecule has 2 N–H and O–H groups in total. The molecule has 0 radical (unpaired) electrons. The number of nitrogens with one attached hydrogen (secondary N) is 2. The van der Waals surface area contributed by atoms with Crippen molar-refractivity contribution in [3.63, 3.8) is 0 Å². The van der Waals surface area contributed by atoms with E-state index in [4.69, 9.17) is 11.6 Å². The maximum Gasteiger partial charge on any atom is 0.286 e. The van der Waals surface area contributed by atoms with Gasteiger partial charge >= 0.3 is 0 Å². The first kappa shape index (κ1) is 20.3. The smallest absolute Gasteiger partial charge is 0.286 e. The fourth-order valence-electron chi connectivity index (χ4n) is 2.63. The SMILES string of the molecule is CC1=NS(=O)(=O)c2cc(S(=O)(=O)CC(=O)Nc3cc(Cl)ccc3C)ccc2N1. The van der Waals surface area contributed by atoms with Crippen molar-refractivity contribution in [2.75, 3.05) is 16.4 Å². The Hall–Kier alpha value is -2.43. The molecule has 8 nitrogen and oxygen atoms in total. The van der Waals surface area contributed by atoms with Gasteiger partial charge in [0.2, 0.25) is 5.91 Å². The molecule has 11 heteroatoms. The highest BCUT2D eigenvalue weighted by molar-refractivity contribution is 7.92. The van der Waals surface area contributed by atoms with Crippen LogP contribution < -0.4 is 10.6 Å². The summed E-state index contributed by atoms with van der Waals surface area (Å²) in [7, 11) is -8.10. The monoisotopic (exact) mass is 441 g/mol. The molecule has 0 aliphatic carbocycles. The zero-order valence-electron chi connectivity index (χ0n) is 14.9. The van der Waals surface area contributed by atoms with Crippen LogP contribution in [-0.2, 0) is 24.7 Å². The second-order valence-corrected chi connectivity index (χ2v) is 10.2. The summed E-state index contributed by atoms with van der Waals surface area (Å²) in [5.41, 5.74) is 1.34. The van der Waals surface area contributed by atoms with E-state index in [1.54, 1.807) is 19.1 Å². The number of amidine groups is 1. The van der Waals surface area contributed by atoms with Gasteiger partial charge in [-0.1, -0.05) is 17.7 Å². The average Bonchev–Trinajstić information content (AvgIpc) is 2.56.